The van der Waals surface area contributed by atoms with Crippen LogP contribution < -0.4 is 5.32 Å². The molecular formula is C20H31N5O2. The van der Waals surface area contributed by atoms with Crippen LogP contribution in [-0.2, 0) is 16.1 Å². The van der Waals surface area contributed by atoms with Gasteiger partial charge in [-0.1, -0.05) is 19.3 Å². The van der Waals surface area contributed by atoms with Crippen molar-refractivity contribution >= 4 is 11.8 Å². The highest BCUT2D eigenvalue weighted by Crippen LogP contribution is 2.24. The lowest BCUT2D eigenvalue weighted by atomic mass is 9.93. The highest BCUT2D eigenvalue weighted by molar-refractivity contribution is 5.86. The maximum Gasteiger partial charge on any atom is 0.244 e. The molecule has 4 rings (SSSR count). The van der Waals surface area contributed by atoms with Crippen LogP contribution in [0.3, 0.4) is 0 Å². The van der Waals surface area contributed by atoms with Crippen molar-refractivity contribution in [3.05, 3.63) is 18.0 Å². The minimum absolute atomic E-state index is 0.0111. The van der Waals surface area contributed by atoms with Gasteiger partial charge in [-0.15, -0.1) is 0 Å². The zero-order chi connectivity index (χ0) is 18.6. The van der Waals surface area contributed by atoms with E-state index >= 15 is 0 Å². The van der Waals surface area contributed by atoms with E-state index in [1.165, 1.54) is 25.7 Å². The standard InChI is InChI=1S/C20H31N5O2/c26-19(15-24-10-8-18(22-24)16-5-4-9-21-13-16)23-11-12-25(20(27)14-23)17-6-2-1-3-7-17/h8,10,16-17,21H,1-7,9,11-15H2/t16-/m1/s1. The van der Waals surface area contributed by atoms with E-state index in [4.69, 9.17) is 0 Å². The lowest BCUT2D eigenvalue weighted by Crippen LogP contribution is -2.56. The van der Waals surface area contributed by atoms with Gasteiger partial charge >= 0.3 is 0 Å². The van der Waals surface area contributed by atoms with Gasteiger partial charge in [0.1, 0.15) is 6.54 Å². The molecule has 1 saturated carbocycles. The van der Waals surface area contributed by atoms with Crippen LogP contribution >= 0.6 is 0 Å². The van der Waals surface area contributed by atoms with Gasteiger partial charge in [-0.05, 0) is 38.3 Å². The third-order valence-corrected chi connectivity index (χ3v) is 6.30. The van der Waals surface area contributed by atoms with E-state index in [0.717, 1.165) is 38.0 Å². The predicted molar refractivity (Wildman–Crippen MR) is 102 cm³/mol. The van der Waals surface area contributed by atoms with Crippen molar-refractivity contribution in [3.63, 3.8) is 0 Å². The van der Waals surface area contributed by atoms with Crippen molar-refractivity contribution in [3.8, 4) is 0 Å². The van der Waals surface area contributed by atoms with Gasteiger partial charge in [-0.3, -0.25) is 14.3 Å². The first kappa shape index (κ1) is 18.5. The summed E-state index contributed by atoms with van der Waals surface area (Å²) >= 11 is 0. The van der Waals surface area contributed by atoms with Gasteiger partial charge in [0.25, 0.3) is 0 Å². The molecule has 7 nitrogen and oxygen atoms in total. The largest absolute Gasteiger partial charge is 0.336 e. The van der Waals surface area contributed by atoms with Crippen LogP contribution in [0.15, 0.2) is 12.3 Å². The monoisotopic (exact) mass is 373 g/mol. The van der Waals surface area contributed by atoms with Crippen molar-refractivity contribution in [2.24, 2.45) is 0 Å². The number of aromatic nitrogens is 2. The van der Waals surface area contributed by atoms with Crippen LogP contribution in [0.25, 0.3) is 0 Å². The van der Waals surface area contributed by atoms with Gasteiger partial charge < -0.3 is 15.1 Å². The van der Waals surface area contributed by atoms with Gasteiger partial charge in [0, 0.05) is 37.8 Å². The van der Waals surface area contributed by atoms with Crippen molar-refractivity contribution in [2.45, 2.75) is 63.5 Å². The maximum absolute atomic E-state index is 12.7. The van der Waals surface area contributed by atoms with E-state index in [1.807, 2.05) is 17.2 Å². The molecule has 148 valence electrons. The Morgan fingerprint density at radius 2 is 2.00 bits per heavy atom. The number of rotatable bonds is 4. The average molecular weight is 374 g/mol. The number of nitrogens with zero attached hydrogens (tertiary/aromatic N) is 4. The first-order valence-electron chi connectivity index (χ1n) is 10.5. The van der Waals surface area contributed by atoms with Crippen LogP contribution in [-0.4, -0.2) is 70.2 Å². The molecule has 2 saturated heterocycles. The number of piperazine rings is 1. The molecule has 7 heteroatoms. The fourth-order valence-electron chi connectivity index (χ4n) is 4.70. The molecule has 27 heavy (non-hydrogen) atoms. The molecule has 1 aliphatic carbocycles. The molecule has 3 fully saturated rings. The van der Waals surface area contributed by atoms with Gasteiger partial charge in [0.05, 0.1) is 12.2 Å². The van der Waals surface area contributed by atoms with Gasteiger partial charge in [0.2, 0.25) is 11.8 Å². The molecule has 0 bridgehead atoms. The number of hydrogen-bond donors (Lipinski definition) is 1. The highest BCUT2D eigenvalue weighted by atomic mass is 16.2. The van der Waals surface area contributed by atoms with Crippen LogP contribution in [0.4, 0.5) is 0 Å². The van der Waals surface area contributed by atoms with Gasteiger partial charge in [-0.2, -0.15) is 5.10 Å². The predicted octanol–water partition coefficient (Wildman–Crippen LogP) is 1.35. The van der Waals surface area contributed by atoms with Crippen LogP contribution in [0.5, 0.6) is 0 Å². The number of piperidine rings is 1. The number of hydrogen-bond acceptors (Lipinski definition) is 4. The van der Waals surface area contributed by atoms with E-state index in [1.54, 1.807) is 9.58 Å². The summed E-state index contributed by atoms with van der Waals surface area (Å²) in [7, 11) is 0. The van der Waals surface area contributed by atoms with E-state index < -0.39 is 0 Å². The van der Waals surface area contributed by atoms with E-state index in [2.05, 4.69) is 10.4 Å². The molecule has 3 heterocycles. The molecule has 1 N–H and O–H groups in total. The molecule has 0 radical (unpaired) electrons. The summed E-state index contributed by atoms with van der Waals surface area (Å²) in [6.45, 7) is 3.79. The summed E-state index contributed by atoms with van der Waals surface area (Å²) in [4.78, 5) is 29.0. The molecule has 1 aromatic rings. The quantitative estimate of drug-likeness (QED) is 0.865. The Morgan fingerprint density at radius 3 is 2.74 bits per heavy atom. The fraction of sp³-hybridized carbons (Fsp3) is 0.750. The third-order valence-electron chi connectivity index (χ3n) is 6.30. The Bertz CT molecular complexity index is 661. The van der Waals surface area contributed by atoms with Gasteiger partial charge in [0.15, 0.2) is 0 Å². The van der Waals surface area contributed by atoms with Crippen LogP contribution in [0.2, 0.25) is 0 Å². The highest BCUT2D eigenvalue weighted by Gasteiger charge is 2.32. The molecule has 2 amide bonds. The van der Waals surface area contributed by atoms with E-state index in [9.17, 15) is 9.59 Å². The summed E-state index contributed by atoms with van der Waals surface area (Å²) in [5.74, 6) is 0.537. The van der Waals surface area contributed by atoms with Crippen molar-refractivity contribution in [1.29, 1.82) is 0 Å². The average Bonchev–Trinajstić information content (AvgIpc) is 3.18. The lowest BCUT2D eigenvalue weighted by Gasteiger charge is -2.40. The lowest BCUT2D eigenvalue weighted by molar-refractivity contribution is -0.148. The van der Waals surface area contributed by atoms with Crippen molar-refractivity contribution in [1.82, 2.24) is 24.9 Å². The Morgan fingerprint density at radius 1 is 1.15 bits per heavy atom. The third kappa shape index (κ3) is 4.34. The van der Waals surface area contributed by atoms with Crippen LogP contribution in [0.1, 0.15) is 56.6 Å². The number of amides is 2. The summed E-state index contributed by atoms with van der Waals surface area (Å²) in [6, 6.07) is 2.41. The number of nitrogens with one attached hydrogen (secondary N) is 1. The summed E-state index contributed by atoms with van der Waals surface area (Å²) in [5.41, 5.74) is 1.06. The molecule has 1 aromatic heterocycles. The minimum atomic E-state index is -0.0111. The molecule has 3 aliphatic rings. The Hall–Kier alpha value is -1.89. The zero-order valence-electron chi connectivity index (χ0n) is 16.1. The SMILES string of the molecule is O=C(Cn1ccc([C@@H]2CCCNC2)n1)N1CCN(C2CCCCC2)C(=O)C1. The van der Waals surface area contributed by atoms with Gasteiger partial charge in [-0.25, -0.2) is 0 Å². The maximum atomic E-state index is 12.7. The van der Waals surface area contributed by atoms with Crippen LogP contribution in [0, 0.1) is 0 Å². The zero-order valence-corrected chi connectivity index (χ0v) is 16.1. The molecule has 0 spiro atoms. The second-order valence-electron chi connectivity index (χ2n) is 8.18. The second kappa shape index (κ2) is 8.42. The summed E-state index contributed by atoms with van der Waals surface area (Å²) < 4.78 is 1.73. The molecule has 0 unspecified atom stereocenters. The Labute approximate surface area is 161 Å². The Balaban J connectivity index is 1.30. The fourth-order valence-corrected chi connectivity index (χ4v) is 4.70. The van der Waals surface area contributed by atoms with Crippen molar-refractivity contribution in [2.75, 3.05) is 32.7 Å². The van der Waals surface area contributed by atoms with E-state index in [0.29, 0.717) is 25.0 Å². The minimum Gasteiger partial charge on any atom is -0.336 e. The Kier molecular flexibility index (Phi) is 5.76. The summed E-state index contributed by atoms with van der Waals surface area (Å²) in [6.07, 6.45) is 10.2. The smallest absolute Gasteiger partial charge is 0.244 e. The molecule has 0 aromatic carbocycles. The first-order chi connectivity index (χ1) is 13.2. The number of carbonyl (C=O) groups is 2. The molecular weight excluding hydrogens is 342 g/mol. The van der Waals surface area contributed by atoms with E-state index in [-0.39, 0.29) is 24.9 Å². The topological polar surface area (TPSA) is 70.5 Å². The molecule has 1 atom stereocenters. The summed E-state index contributed by atoms with van der Waals surface area (Å²) in [5, 5.41) is 8.01. The molecule has 2 aliphatic heterocycles. The second-order valence-corrected chi connectivity index (χ2v) is 8.18. The number of carbonyl (C=O) groups excluding carboxylic acids is 2. The normalized spacial score (nSPS) is 25.0. The first-order valence-corrected chi connectivity index (χ1v) is 10.5. The van der Waals surface area contributed by atoms with Crippen molar-refractivity contribution < 1.29 is 9.59 Å².